The van der Waals surface area contributed by atoms with Crippen LogP contribution in [0.5, 0.6) is 5.75 Å². The molecule has 0 saturated carbocycles. The molecule has 0 aliphatic rings. The first-order chi connectivity index (χ1) is 9.93. The summed E-state index contributed by atoms with van der Waals surface area (Å²) in [6.45, 7) is 2.22. The molecule has 1 aromatic heterocycles. The van der Waals surface area contributed by atoms with Crippen LogP contribution in [0.1, 0.15) is 17.0 Å². The van der Waals surface area contributed by atoms with Crippen LogP contribution in [0, 0.1) is 6.92 Å². The molecule has 21 heavy (non-hydrogen) atoms. The van der Waals surface area contributed by atoms with E-state index in [1.807, 2.05) is 20.0 Å². The summed E-state index contributed by atoms with van der Waals surface area (Å²) in [5.41, 5.74) is 7.98. The quantitative estimate of drug-likeness (QED) is 0.346. The molecule has 0 atom stereocenters. The van der Waals surface area contributed by atoms with E-state index in [4.69, 9.17) is 15.7 Å². The predicted molar refractivity (Wildman–Crippen MR) is 86.6 cm³/mol. The van der Waals surface area contributed by atoms with Gasteiger partial charge in [0.05, 0.1) is 21.4 Å². The van der Waals surface area contributed by atoms with Crippen molar-refractivity contribution in [1.29, 1.82) is 0 Å². The lowest BCUT2D eigenvalue weighted by molar-refractivity contribution is 0.292. The number of nitrogens with zero attached hydrogens (tertiary/aromatic N) is 3. The van der Waals surface area contributed by atoms with E-state index in [2.05, 4.69) is 42.1 Å². The highest BCUT2D eigenvalue weighted by Crippen LogP contribution is 2.26. The molecule has 2 aromatic rings. The maximum atomic E-state index is 8.85. The van der Waals surface area contributed by atoms with Crippen LogP contribution in [0.25, 0.3) is 0 Å². The fourth-order valence-corrected chi connectivity index (χ4v) is 2.68. The molecule has 0 unspecified atom stereocenters. The van der Waals surface area contributed by atoms with Crippen LogP contribution in [0.3, 0.4) is 0 Å². The Bertz CT molecular complexity index is 698. The van der Waals surface area contributed by atoms with E-state index in [1.165, 1.54) is 0 Å². The maximum absolute atomic E-state index is 8.85. The zero-order valence-electron chi connectivity index (χ0n) is 11.5. The SMILES string of the molecule is Cc1nn(C)c(COc2ccc(Br)cc2/C(N)=N/O)c1Br. The van der Waals surface area contributed by atoms with Crippen molar-refractivity contribution in [3.8, 4) is 5.75 Å². The topological polar surface area (TPSA) is 85.7 Å². The number of aryl methyl sites for hydroxylation is 2. The Balaban J connectivity index is 2.28. The number of hydrogen-bond acceptors (Lipinski definition) is 4. The zero-order valence-corrected chi connectivity index (χ0v) is 14.6. The Morgan fingerprint density at radius 3 is 2.76 bits per heavy atom. The number of halogens is 2. The van der Waals surface area contributed by atoms with Gasteiger partial charge in [0.15, 0.2) is 5.84 Å². The number of aromatic nitrogens is 2. The highest BCUT2D eigenvalue weighted by Gasteiger charge is 2.14. The fourth-order valence-electron chi connectivity index (χ4n) is 1.87. The van der Waals surface area contributed by atoms with E-state index in [0.717, 1.165) is 20.3 Å². The van der Waals surface area contributed by atoms with Crippen molar-refractivity contribution in [2.24, 2.45) is 17.9 Å². The van der Waals surface area contributed by atoms with Crippen molar-refractivity contribution in [2.45, 2.75) is 13.5 Å². The molecule has 0 fully saturated rings. The summed E-state index contributed by atoms with van der Waals surface area (Å²) >= 11 is 6.84. The van der Waals surface area contributed by atoms with Crippen molar-refractivity contribution in [3.05, 3.63) is 44.1 Å². The predicted octanol–water partition coefficient (Wildman–Crippen LogP) is 2.93. The van der Waals surface area contributed by atoms with Crippen LogP contribution >= 0.6 is 31.9 Å². The average molecular weight is 418 g/mol. The minimum Gasteiger partial charge on any atom is -0.486 e. The summed E-state index contributed by atoms with van der Waals surface area (Å²) in [5, 5.41) is 16.2. The molecule has 0 aliphatic carbocycles. The van der Waals surface area contributed by atoms with Gasteiger partial charge in [0.1, 0.15) is 12.4 Å². The van der Waals surface area contributed by atoms with Crippen LogP contribution in [-0.2, 0) is 13.7 Å². The molecular formula is C13H14Br2N4O2. The molecule has 2 rings (SSSR count). The lowest BCUT2D eigenvalue weighted by atomic mass is 10.2. The average Bonchev–Trinajstić information content (AvgIpc) is 2.70. The largest absolute Gasteiger partial charge is 0.486 e. The van der Waals surface area contributed by atoms with E-state index < -0.39 is 0 Å². The summed E-state index contributed by atoms with van der Waals surface area (Å²) in [5.74, 6) is 0.519. The van der Waals surface area contributed by atoms with Gasteiger partial charge in [0, 0.05) is 11.5 Å². The minimum absolute atomic E-state index is 0.00782. The highest BCUT2D eigenvalue weighted by atomic mass is 79.9. The van der Waals surface area contributed by atoms with Gasteiger partial charge in [-0.1, -0.05) is 21.1 Å². The van der Waals surface area contributed by atoms with Crippen molar-refractivity contribution < 1.29 is 9.94 Å². The lowest BCUT2D eigenvalue weighted by Gasteiger charge is -2.11. The Labute approximate surface area is 138 Å². The molecule has 3 N–H and O–H groups in total. The molecule has 0 amide bonds. The normalized spacial score (nSPS) is 11.7. The molecule has 0 saturated heterocycles. The third kappa shape index (κ3) is 3.38. The number of oxime groups is 1. The van der Waals surface area contributed by atoms with E-state index in [-0.39, 0.29) is 5.84 Å². The Hall–Kier alpha value is -1.54. The van der Waals surface area contributed by atoms with E-state index in [0.29, 0.717) is 17.9 Å². The summed E-state index contributed by atoms with van der Waals surface area (Å²) in [6.07, 6.45) is 0. The molecule has 8 heteroatoms. The summed E-state index contributed by atoms with van der Waals surface area (Å²) in [7, 11) is 1.85. The smallest absolute Gasteiger partial charge is 0.173 e. The molecule has 0 aliphatic heterocycles. The van der Waals surface area contributed by atoms with Crippen LogP contribution in [0.4, 0.5) is 0 Å². The number of benzene rings is 1. The molecule has 1 aromatic carbocycles. The second-order valence-electron chi connectivity index (χ2n) is 4.38. The third-order valence-electron chi connectivity index (χ3n) is 2.95. The molecule has 112 valence electrons. The van der Waals surface area contributed by atoms with Crippen molar-refractivity contribution in [1.82, 2.24) is 9.78 Å². The van der Waals surface area contributed by atoms with Gasteiger partial charge in [-0.05, 0) is 41.1 Å². The minimum atomic E-state index is -0.00782. The number of hydrogen-bond donors (Lipinski definition) is 2. The van der Waals surface area contributed by atoms with Gasteiger partial charge in [-0.3, -0.25) is 4.68 Å². The number of amidine groups is 1. The summed E-state index contributed by atoms with van der Waals surface area (Å²) in [6, 6.07) is 5.32. The number of nitrogens with two attached hydrogens (primary N) is 1. The number of ether oxygens (including phenoxy) is 1. The van der Waals surface area contributed by atoms with Gasteiger partial charge in [-0.2, -0.15) is 5.10 Å². The molecule has 0 spiro atoms. The first-order valence-electron chi connectivity index (χ1n) is 6.02. The van der Waals surface area contributed by atoms with Crippen molar-refractivity contribution in [3.63, 3.8) is 0 Å². The van der Waals surface area contributed by atoms with Crippen LogP contribution in [0.15, 0.2) is 32.3 Å². The van der Waals surface area contributed by atoms with Crippen LogP contribution in [-0.4, -0.2) is 20.8 Å². The monoisotopic (exact) mass is 416 g/mol. The zero-order chi connectivity index (χ0) is 15.6. The van der Waals surface area contributed by atoms with Gasteiger partial charge < -0.3 is 15.7 Å². The fraction of sp³-hybridized carbons (Fsp3) is 0.231. The van der Waals surface area contributed by atoms with Gasteiger partial charge in [-0.15, -0.1) is 0 Å². The molecule has 0 radical (unpaired) electrons. The number of rotatable bonds is 4. The highest BCUT2D eigenvalue weighted by molar-refractivity contribution is 9.10. The molecule has 1 heterocycles. The van der Waals surface area contributed by atoms with E-state index in [9.17, 15) is 0 Å². The lowest BCUT2D eigenvalue weighted by Crippen LogP contribution is -2.15. The first-order valence-corrected chi connectivity index (χ1v) is 7.61. The van der Waals surface area contributed by atoms with Gasteiger partial charge in [0.25, 0.3) is 0 Å². The second-order valence-corrected chi connectivity index (χ2v) is 6.09. The molecule has 6 nitrogen and oxygen atoms in total. The van der Waals surface area contributed by atoms with Crippen molar-refractivity contribution >= 4 is 37.7 Å². The van der Waals surface area contributed by atoms with Crippen LogP contribution in [0.2, 0.25) is 0 Å². The first kappa shape index (κ1) is 15.8. The third-order valence-corrected chi connectivity index (χ3v) is 4.48. The Morgan fingerprint density at radius 2 is 2.19 bits per heavy atom. The Kier molecular flexibility index (Phi) is 4.89. The standard InChI is InChI=1S/C13H14Br2N4O2/c1-7-12(15)10(19(2)17-7)6-21-11-4-3-8(14)5-9(11)13(16)18-20/h3-5,20H,6H2,1-2H3,(H2,16,18). The van der Waals surface area contributed by atoms with Crippen molar-refractivity contribution in [2.75, 3.05) is 0 Å². The molecular weight excluding hydrogens is 404 g/mol. The maximum Gasteiger partial charge on any atom is 0.173 e. The van der Waals surface area contributed by atoms with E-state index >= 15 is 0 Å². The van der Waals surface area contributed by atoms with Gasteiger partial charge in [-0.25, -0.2) is 0 Å². The second kappa shape index (κ2) is 6.48. The van der Waals surface area contributed by atoms with Gasteiger partial charge in [0.2, 0.25) is 0 Å². The molecule has 0 bridgehead atoms. The van der Waals surface area contributed by atoms with Crippen LogP contribution < -0.4 is 10.5 Å². The summed E-state index contributed by atoms with van der Waals surface area (Å²) in [4.78, 5) is 0. The van der Waals surface area contributed by atoms with E-state index in [1.54, 1.807) is 16.8 Å². The summed E-state index contributed by atoms with van der Waals surface area (Å²) < 4.78 is 9.27. The van der Waals surface area contributed by atoms with Gasteiger partial charge >= 0.3 is 0 Å². The Morgan fingerprint density at radius 1 is 1.48 bits per heavy atom.